The third-order valence-electron chi connectivity index (χ3n) is 5.90. The summed E-state index contributed by atoms with van der Waals surface area (Å²) in [6.45, 7) is 3.71. The number of benzene rings is 2. The van der Waals surface area contributed by atoms with Crippen molar-refractivity contribution in [2.24, 2.45) is 0 Å². The molecular formula is C23H23ClFNO4S. The predicted octanol–water partition coefficient (Wildman–Crippen LogP) is 4.93. The number of nitrogens with zero attached hydrogens (tertiary/aromatic N) is 1. The van der Waals surface area contributed by atoms with Crippen molar-refractivity contribution in [3.05, 3.63) is 69.7 Å². The lowest BCUT2D eigenvalue weighted by molar-refractivity contribution is 0.0647. The summed E-state index contributed by atoms with van der Waals surface area (Å²) in [4.78, 5) is 15.0. The van der Waals surface area contributed by atoms with Crippen molar-refractivity contribution in [2.45, 2.75) is 39.3 Å². The van der Waals surface area contributed by atoms with E-state index in [1.165, 1.54) is 17.0 Å². The van der Waals surface area contributed by atoms with Crippen LogP contribution in [-0.2, 0) is 22.8 Å². The van der Waals surface area contributed by atoms with Gasteiger partial charge in [0.25, 0.3) is 5.91 Å². The van der Waals surface area contributed by atoms with Crippen molar-refractivity contribution in [1.29, 1.82) is 0 Å². The molecule has 3 aromatic rings. The summed E-state index contributed by atoms with van der Waals surface area (Å²) >= 11 is 6.20. The Morgan fingerprint density at radius 3 is 2.71 bits per heavy atom. The topological polar surface area (TPSA) is 67.6 Å². The highest BCUT2D eigenvalue weighted by molar-refractivity contribution is 7.91. The van der Waals surface area contributed by atoms with Gasteiger partial charge in [0.1, 0.15) is 11.4 Å². The van der Waals surface area contributed by atoms with Crippen molar-refractivity contribution in [1.82, 2.24) is 4.90 Å². The average Bonchev–Trinajstić information content (AvgIpc) is 3.26. The normalized spacial score (nSPS) is 17.9. The summed E-state index contributed by atoms with van der Waals surface area (Å²) < 4.78 is 44.6. The molecule has 1 aliphatic rings. The second kappa shape index (κ2) is 8.28. The SMILES string of the molecule is CCc1ccc2oc(C(=O)N(Cc3c(F)cccc3Cl)[C@@H]3CCS(=O)(=O)C3)c(C)c2c1. The van der Waals surface area contributed by atoms with Gasteiger partial charge < -0.3 is 9.32 Å². The molecule has 8 heteroatoms. The van der Waals surface area contributed by atoms with E-state index in [-0.39, 0.29) is 34.4 Å². The Morgan fingerprint density at radius 2 is 2.06 bits per heavy atom. The maximum atomic E-state index is 14.5. The molecule has 31 heavy (non-hydrogen) atoms. The molecule has 0 saturated carbocycles. The van der Waals surface area contributed by atoms with Crippen LogP contribution < -0.4 is 0 Å². The monoisotopic (exact) mass is 463 g/mol. The molecule has 1 aromatic heterocycles. The first kappa shape index (κ1) is 21.8. The minimum absolute atomic E-state index is 0.00851. The highest BCUT2D eigenvalue weighted by atomic mass is 35.5. The molecule has 1 saturated heterocycles. The Balaban J connectivity index is 1.77. The summed E-state index contributed by atoms with van der Waals surface area (Å²) in [6, 6.07) is 9.49. The first-order valence-electron chi connectivity index (χ1n) is 10.2. The van der Waals surface area contributed by atoms with E-state index >= 15 is 0 Å². The number of sulfone groups is 1. The maximum Gasteiger partial charge on any atom is 0.290 e. The number of furan rings is 1. The summed E-state index contributed by atoms with van der Waals surface area (Å²) in [5, 5.41) is 1.03. The van der Waals surface area contributed by atoms with Gasteiger partial charge in [-0.15, -0.1) is 0 Å². The van der Waals surface area contributed by atoms with E-state index in [1.54, 1.807) is 13.0 Å². The number of aryl methyl sites for hydroxylation is 2. The summed E-state index contributed by atoms with van der Waals surface area (Å²) in [5.41, 5.74) is 2.54. The van der Waals surface area contributed by atoms with Gasteiger partial charge in [-0.3, -0.25) is 4.79 Å². The van der Waals surface area contributed by atoms with E-state index in [0.717, 1.165) is 17.4 Å². The van der Waals surface area contributed by atoms with Crippen LogP contribution in [0, 0.1) is 12.7 Å². The van der Waals surface area contributed by atoms with E-state index in [0.29, 0.717) is 17.6 Å². The van der Waals surface area contributed by atoms with Gasteiger partial charge in [-0.1, -0.05) is 30.7 Å². The van der Waals surface area contributed by atoms with Crippen molar-refractivity contribution < 1.29 is 22.0 Å². The van der Waals surface area contributed by atoms with Gasteiger partial charge in [0, 0.05) is 27.6 Å². The number of fused-ring (bicyclic) bond motifs is 1. The van der Waals surface area contributed by atoms with Crippen LogP contribution >= 0.6 is 11.6 Å². The molecule has 0 bridgehead atoms. The first-order valence-corrected chi connectivity index (χ1v) is 12.4. The molecule has 0 unspecified atom stereocenters. The standard InChI is InChI=1S/C23H23ClFNO4S/c1-3-15-7-8-21-17(11-15)14(2)22(30-21)23(27)26(16-9-10-31(28,29)13-16)12-18-19(24)5-4-6-20(18)25/h4-8,11,16H,3,9-10,12-13H2,1-2H3/t16-/m1/s1. The zero-order valence-corrected chi connectivity index (χ0v) is 18.9. The number of rotatable bonds is 5. The molecule has 0 radical (unpaired) electrons. The van der Waals surface area contributed by atoms with E-state index in [4.69, 9.17) is 16.0 Å². The molecule has 2 heterocycles. The van der Waals surface area contributed by atoms with Crippen molar-refractivity contribution in [2.75, 3.05) is 11.5 Å². The van der Waals surface area contributed by atoms with E-state index < -0.39 is 27.6 Å². The molecule has 1 amide bonds. The Labute approximate surface area is 185 Å². The minimum Gasteiger partial charge on any atom is -0.451 e. The Hall–Kier alpha value is -2.38. The molecule has 0 spiro atoms. The van der Waals surface area contributed by atoms with Crippen molar-refractivity contribution in [3.8, 4) is 0 Å². The lowest BCUT2D eigenvalue weighted by atomic mass is 10.1. The fourth-order valence-electron chi connectivity index (χ4n) is 4.06. The molecule has 5 nitrogen and oxygen atoms in total. The molecule has 4 rings (SSSR count). The van der Waals surface area contributed by atoms with Crippen LogP contribution in [0.15, 0.2) is 40.8 Å². The van der Waals surface area contributed by atoms with Crippen LogP contribution in [0.5, 0.6) is 0 Å². The van der Waals surface area contributed by atoms with Crippen molar-refractivity contribution >= 4 is 38.3 Å². The summed E-state index contributed by atoms with van der Waals surface area (Å²) in [6.07, 6.45) is 1.14. The van der Waals surface area contributed by atoms with Gasteiger partial charge in [0.05, 0.1) is 18.1 Å². The lowest BCUT2D eigenvalue weighted by Gasteiger charge is -2.28. The second-order valence-electron chi connectivity index (χ2n) is 7.93. The summed E-state index contributed by atoms with van der Waals surface area (Å²) in [5.74, 6) is -1.04. The predicted molar refractivity (Wildman–Crippen MR) is 119 cm³/mol. The lowest BCUT2D eigenvalue weighted by Crippen LogP contribution is -2.41. The second-order valence-corrected chi connectivity index (χ2v) is 10.6. The molecule has 0 N–H and O–H groups in total. The molecule has 164 valence electrons. The van der Waals surface area contributed by atoms with Crippen molar-refractivity contribution in [3.63, 3.8) is 0 Å². The fourth-order valence-corrected chi connectivity index (χ4v) is 6.02. The number of amides is 1. The number of halogens is 2. The fraction of sp³-hybridized carbons (Fsp3) is 0.348. The summed E-state index contributed by atoms with van der Waals surface area (Å²) in [7, 11) is -3.26. The van der Waals surface area contributed by atoms with Crippen LogP contribution in [0.25, 0.3) is 11.0 Å². The molecular weight excluding hydrogens is 441 g/mol. The molecule has 1 fully saturated rings. The van der Waals surface area contributed by atoms with E-state index in [1.807, 2.05) is 25.1 Å². The minimum atomic E-state index is -3.26. The van der Waals surface area contributed by atoms with Gasteiger partial charge in [-0.05, 0) is 49.6 Å². The van der Waals surface area contributed by atoms with Gasteiger partial charge >= 0.3 is 0 Å². The first-order chi connectivity index (χ1) is 14.7. The molecule has 1 atom stereocenters. The molecule has 2 aromatic carbocycles. The van der Waals surface area contributed by atoms with Gasteiger partial charge in [0.15, 0.2) is 15.6 Å². The Kier molecular flexibility index (Phi) is 5.83. The maximum absolute atomic E-state index is 14.5. The third-order valence-corrected chi connectivity index (χ3v) is 8.01. The highest BCUT2D eigenvalue weighted by Gasteiger charge is 2.37. The van der Waals surface area contributed by atoms with Crippen LogP contribution in [0.1, 0.15) is 40.6 Å². The van der Waals surface area contributed by atoms with Crippen LogP contribution in [0.2, 0.25) is 5.02 Å². The largest absolute Gasteiger partial charge is 0.451 e. The number of carbonyl (C=O) groups excluding carboxylic acids is 1. The number of hydrogen-bond donors (Lipinski definition) is 0. The van der Waals surface area contributed by atoms with E-state index in [2.05, 4.69) is 0 Å². The highest BCUT2D eigenvalue weighted by Crippen LogP contribution is 2.31. The third kappa shape index (κ3) is 4.21. The Morgan fingerprint density at radius 1 is 1.29 bits per heavy atom. The zero-order chi connectivity index (χ0) is 22.3. The molecule has 0 aliphatic carbocycles. The van der Waals surface area contributed by atoms with Crippen LogP contribution in [-0.4, -0.2) is 36.8 Å². The van der Waals surface area contributed by atoms with E-state index in [9.17, 15) is 17.6 Å². The quantitative estimate of drug-likeness (QED) is 0.538. The van der Waals surface area contributed by atoms with Crippen LogP contribution in [0.3, 0.4) is 0 Å². The smallest absolute Gasteiger partial charge is 0.290 e. The number of hydrogen-bond acceptors (Lipinski definition) is 4. The average molecular weight is 464 g/mol. The molecule has 1 aliphatic heterocycles. The van der Waals surface area contributed by atoms with Crippen LogP contribution in [0.4, 0.5) is 4.39 Å². The van der Waals surface area contributed by atoms with Gasteiger partial charge in [0.2, 0.25) is 0 Å². The number of carbonyl (C=O) groups is 1. The zero-order valence-electron chi connectivity index (χ0n) is 17.3. The van der Waals surface area contributed by atoms with Gasteiger partial charge in [-0.2, -0.15) is 0 Å². The Bertz CT molecular complexity index is 1250. The van der Waals surface area contributed by atoms with Gasteiger partial charge in [-0.25, -0.2) is 12.8 Å².